The Hall–Kier alpha value is -1.43. The van der Waals surface area contributed by atoms with Gasteiger partial charge in [-0.3, -0.25) is 9.48 Å². The minimum Gasteiger partial charge on any atom is -0.393 e. The summed E-state index contributed by atoms with van der Waals surface area (Å²) in [6, 6.07) is 1.68. The van der Waals surface area contributed by atoms with E-state index in [4.69, 9.17) is 18.0 Å². The summed E-state index contributed by atoms with van der Waals surface area (Å²) in [5.74, 6) is -0.119. The summed E-state index contributed by atoms with van der Waals surface area (Å²) in [6.45, 7) is 0.519. The van der Waals surface area contributed by atoms with Gasteiger partial charge in [0.25, 0.3) is 5.91 Å². The van der Waals surface area contributed by atoms with E-state index >= 15 is 0 Å². The Balaban J connectivity index is 2.57. The summed E-state index contributed by atoms with van der Waals surface area (Å²) in [4.78, 5) is 13.7. The number of carbonyl (C=O) groups is 1. The Morgan fingerprint density at radius 3 is 2.87 bits per heavy atom. The molecule has 0 saturated carbocycles. The third-order valence-corrected chi connectivity index (χ3v) is 2.18. The highest BCUT2D eigenvalue weighted by molar-refractivity contribution is 7.80. The fourth-order valence-corrected chi connectivity index (χ4v) is 1.20. The second-order valence-corrected chi connectivity index (χ2v) is 3.84. The zero-order valence-electron chi connectivity index (χ0n) is 8.80. The standard InChI is InChI=1S/C9H14N4OS/c1-12(5-4-8(10)15)9(14)7-3-6-13(2)11-7/h3,6H,4-5H2,1-2H3,(H2,10,15). The first-order valence-corrected chi connectivity index (χ1v) is 4.95. The molecule has 0 spiro atoms. The average molecular weight is 226 g/mol. The van der Waals surface area contributed by atoms with Crippen LogP contribution in [0.4, 0.5) is 0 Å². The number of hydrogen-bond acceptors (Lipinski definition) is 3. The Bertz CT molecular complexity index is 374. The van der Waals surface area contributed by atoms with E-state index in [0.717, 1.165) is 0 Å². The number of aryl methyl sites for hydroxylation is 1. The van der Waals surface area contributed by atoms with Crippen molar-refractivity contribution in [3.8, 4) is 0 Å². The molecule has 1 aromatic rings. The van der Waals surface area contributed by atoms with Crippen LogP contribution in [-0.4, -0.2) is 39.2 Å². The van der Waals surface area contributed by atoms with Crippen LogP contribution in [0.3, 0.4) is 0 Å². The van der Waals surface area contributed by atoms with Crippen molar-refractivity contribution in [1.82, 2.24) is 14.7 Å². The second-order valence-electron chi connectivity index (χ2n) is 3.32. The third kappa shape index (κ3) is 3.32. The molecular weight excluding hydrogens is 212 g/mol. The maximum atomic E-state index is 11.7. The maximum Gasteiger partial charge on any atom is 0.274 e. The van der Waals surface area contributed by atoms with Gasteiger partial charge in [0.05, 0.1) is 4.99 Å². The van der Waals surface area contributed by atoms with Crippen molar-refractivity contribution in [2.45, 2.75) is 6.42 Å². The molecular formula is C9H14N4OS. The lowest BCUT2D eigenvalue weighted by molar-refractivity contribution is 0.0792. The zero-order chi connectivity index (χ0) is 11.4. The second kappa shape index (κ2) is 4.88. The van der Waals surface area contributed by atoms with Crippen molar-refractivity contribution >= 4 is 23.1 Å². The Labute approximate surface area is 93.8 Å². The maximum absolute atomic E-state index is 11.7. The minimum atomic E-state index is -0.119. The van der Waals surface area contributed by atoms with Crippen LogP contribution in [0.5, 0.6) is 0 Å². The summed E-state index contributed by atoms with van der Waals surface area (Å²) in [5, 5.41) is 4.02. The number of rotatable bonds is 4. The van der Waals surface area contributed by atoms with E-state index in [1.165, 1.54) is 0 Å². The number of thiocarbonyl (C=S) groups is 1. The van der Waals surface area contributed by atoms with Crippen LogP contribution < -0.4 is 5.73 Å². The Morgan fingerprint density at radius 1 is 1.73 bits per heavy atom. The van der Waals surface area contributed by atoms with Crippen LogP contribution >= 0.6 is 12.2 Å². The van der Waals surface area contributed by atoms with Crippen LogP contribution in [-0.2, 0) is 7.05 Å². The summed E-state index contributed by atoms with van der Waals surface area (Å²) in [5.41, 5.74) is 5.79. The molecule has 0 saturated heterocycles. The number of nitrogens with zero attached hydrogens (tertiary/aromatic N) is 3. The van der Waals surface area contributed by atoms with Crippen LogP contribution in [0.2, 0.25) is 0 Å². The molecule has 0 aromatic carbocycles. The molecule has 0 unspecified atom stereocenters. The van der Waals surface area contributed by atoms with Gasteiger partial charge in [-0.05, 0) is 6.07 Å². The highest BCUT2D eigenvalue weighted by Gasteiger charge is 2.13. The predicted octanol–water partition coefficient (Wildman–Crippen LogP) is 0.168. The SMILES string of the molecule is CN(CCC(N)=S)C(=O)c1ccn(C)n1. The lowest BCUT2D eigenvalue weighted by Crippen LogP contribution is -2.30. The number of amides is 1. The van der Waals surface area contributed by atoms with Gasteiger partial charge in [-0.15, -0.1) is 0 Å². The fraction of sp³-hybridized carbons (Fsp3) is 0.444. The summed E-state index contributed by atoms with van der Waals surface area (Å²) >= 11 is 4.74. The van der Waals surface area contributed by atoms with Crippen LogP contribution in [0.1, 0.15) is 16.9 Å². The fourth-order valence-electron chi connectivity index (χ4n) is 1.10. The normalized spacial score (nSPS) is 10.0. The average Bonchev–Trinajstić information content (AvgIpc) is 2.60. The van der Waals surface area contributed by atoms with E-state index < -0.39 is 0 Å². The van der Waals surface area contributed by atoms with E-state index in [2.05, 4.69) is 5.10 Å². The molecule has 0 aliphatic carbocycles. The first kappa shape index (κ1) is 11.6. The van der Waals surface area contributed by atoms with Gasteiger partial charge in [0.15, 0.2) is 0 Å². The molecule has 1 amide bonds. The largest absolute Gasteiger partial charge is 0.393 e. The van der Waals surface area contributed by atoms with Crippen molar-refractivity contribution < 1.29 is 4.79 Å². The van der Waals surface area contributed by atoms with Crippen molar-refractivity contribution in [3.05, 3.63) is 18.0 Å². The highest BCUT2D eigenvalue weighted by atomic mass is 32.1. The first-order chi connectivity index (χ1) is 7.00. The molecule has 2 N–H and O–H groups in total. The van der Waals surface area contributed by atoms with Crippen molar-refractivity contribution in [2.24, 2.45) is 12.8 Å². The number of carbonyl (C=O) groups excluding carboxylic acids is 1. The highest BCUT2D eigenvalue weighted by Crippen LogP contribution is 2.00. The predicted molar refractivity (Wildman–Crippen MR) is 61.6 cm³/mol. The Kier molecular flexibility index (Phi) is 3.79. The molecule has 5 nitrogen and oxygen atoms in total. The molecule has 6 heteroatoms. The summed E-state index contributed by atoms with van der Waals surface area (Å²) in [7, 11) is 3.47. The smallest absolute Gasteiger partial charge is 0.274 e. The third-order valence-electron chi connectivity index (χ3n) is 1.97. The van der Waals surface area contributed by atoms with E-state index in [1.54, 1.807) is 35.9 Å². The molecule has 0 fully saturated rings. The topological polar surface area (TPSA) is 64.2 Å². The molecule has 0 aliphatic heterocycles. The van der Waals surface area contributed by atoms with Gasteiger partial charge < -0.3 is 10.6 Å². The molecule has 82 valence electrons. The Morgan fingerprint density at radius 2 is 2.40 bits per heavy atom. The van der Waals surface area contributed by atoms with Gasteiger partial charge in [-0.2, -0.15) is 5.10 Å². The van der Waals surface area contributed by atoms with Crippen LogP contribution in [0.25, 0.3) is 0 Å². The number of nitrogens with two attached hydrogens (primary N) is 1. The van der Waals surface area contributed by atoms with Gasteiger partial charge in [-0.1, -0.05) is 12.2 Å². The molecule has 1 aromatic heterocycles. The zero-order valence-corrected chi connectivity index (χ0v) is 9.62. The summed E-state index contributed by atoms with van der Waals surface area (Å²) in [6.07, 6.45) is 2.26. The van der Waals surface area contributed by atoms with E-state index in [0.29, 0.717) is 23.6 Å². The van der Waals surface area contributed by atoms with Gasteiger partial charge in [0, 0.05) is 33.3 Å². The number of hydrogen-bond donors (Lipinski definition) is 1. The molecule has 0 aliphatic rings. The first-order valence-electron chi connectivity index (χ1n) is 4.54. The number of aromatic nitrogens is 2. The molecule has 0 bridgehead atoms. The van der Waals surface area contributed by atoms with Crippen molar-refractivity contribution in [1.29, 1.82) is 0 Å². The molecule has 1 heterocycles. The van der Waals surface area contributed by atoms with E-state index in [1.807, 2.05) is 0 Å². The quantitative estimate of drug-likeness (QED) is 0.743. The van der Waals surface area contributed by atoms with Crippen LogP contribution in [0.15, 0.2) is 12.3 Å². The van der Waals surface area contributed by atoms with Crippen molar-refractivity contribution in [2.75, 3.05) is 13.6 Å². The van der Waals surface area contributed by atoms with E-state index in [-0.39, 0.29) is 5.91 Å². The van der Waals surface area contributed by atoms with Gasteiger partial charge in [0.2, 0.25) is 0 Å². The van der Waals surface area contributed by atoms with Gasteiger partial charge in [-0.25, -0.2) is 0 Å². The van der Waals surface area contributed by atoms with Crippen LogP contribution in [0, 0.1) is 0 Å². The summed E-state index contributed by atoms with van der Waals surface area (Å²) < 4.78 is 1.59. The van der Waals surface area contributed by atoms with E-state index in [9.17, 15) is 4.79 Å². The minimum absolute atomic E-state index is 0.119. The molecule has 15 heavy (non-hydrogen) atoms. The lowest BCUT2D eigenvalue weighted by atomic mass is 10.3. The van der Waals surface area contributed by atoms with Crippen molar-refractivity contribution in [3.63, 3.8) is 0 Å². The lowest BCUT2D eigenvalue weighted by Gasteiger charge is -2.14. The molecule has 1 rings (SSSR count). The monoisotopic (exact) mass is 226 g/mol. The molecule has 0 radical (unpaired) electrons. The molecule has 0 atom stereocenters. The van der Waals surface area contributed by atoms with Gasteiger partial charge in [0.1, 0.15) is 5.69 Å². The van der Waals surface area contributed by atoms with Gasteiger partial charge >= 0.3 is 0 Å².